The predicted octanol–water partition coefficient (Wildman–Crippen LogP) is 2.06. The van der Waals surface area contributed by atoms with E-state index in [2.05, 4.69) is 0 Å². The van der Waals surface area contributed by atoms with E-state index >= 15 is 0 Å². The molecular formula is C24H28N4O4. The van der Waals surface area contributed by atoms with E-state index in [0.29, 0.717) is 5.75 Å². The topological polar surface area (TPSA) is 99.6 Å². The molecule has 3 aromatic rings. The highest BCUT2D eigenvalue weighted by Gasteiger charge is 2.25. The van der Waals surface area contributed by atoms with Gasteiger partial charge in [0.15, 0.2) is 5.78 Å². The Morgan fingerprint density at radius 3 is 2.38 bits per heavy atom. The molecule has 0 aliphatic rings. The summed E-state index contributed by atoms with van der Waals surface area (Å²) in [4.78, 5) is 40.5. The van der Waals surface area contributed by atoms with Gasteiger partial charge in [0.2, 0.25) is 0 Å². The Balaban J connectivity index is 1.94. The minimum Gasteiger partial charge on any atom is -0.496 e. The molecule has 1 aromatic heterocycles. The van der Waals surface area contributed by atoms with Gasteiger partial charge in [-0.1, -0.05) is 48.5 Å². The van der Waals surface area contributed by atoms with E-state index < -0.39 is 17.0 Å². The smallest absolute Gasteiger partial charge is 0.332 e. The lowest BCUT2D eigenvalue weighted by atomic mass is 10.0. The van der Waals surface area contributed by atoms with Crippen LogP contribution in [0.15, 0.2) is 64.2 Å². The summed E-state index contributed by atoms with van der Waals surface area (Å²) < 4.78 is 7.61. The molecule has 0 amide bonds. The van der Waals surface area contributed by atoms with Gasteiger partial charge in [-0.05, 0) is 25.6 Å². The summed E-state index contributed by atoms with van der Waals surface area (Å²) in [7, 11) is 4.73. The number of ketones is 1. The number of Topliss-reactive ketones (excluding diaryl/α,β-unsaturated/α-hetero) is 1. The first kappa shape index (κ1) is 23.0. The Bertz CT molecular complexity index is 1230. The van der Waals surface area contributed by atoms with Gasteiger partial charge in [-0.15, -0.1) is 0 Å². The Morgan fingerprint density at radius 1 is 1.09 bits per heavy atom. The first-order chi connectivity index (χ1) is 15.3. The van der Waals surface area contributed by atoms with Crippen LogP contribution >= 0.6 is 0 Å². The van der Waals surface area contributed by atoms with Crippen LogP contribution in [-0.2, 0) is 13.6 Å². The van der Waals surface area contributed by atoms with Gasteiger partial charge in [-0.25, -0.2) is 4.79 Å². The molecule has 0 fully saturated rings. The van der Waals surface area contributed by atoms with Gasteiger partial charge in [-0.2, -0.15) is 0 Å². The molecule has 0 aliphatic heterocycles. The Labute approximate surface area is 186 Å². The molecule has 3 rings (SSSR count). The van der Waals surface area contributed by atoms with Crippen LogP contribution in [0.4, 0.5) is 5.82 Å². The summed E-state index contributed by atoms with van der Waals surface area (Å²) in [6, 6.07) is 16.7. The highest BCUT2D eigenvalue weighted by atomic mass is 16.5. The van der Waals surface area contributed by atoms with Gasteiger partial charge in [-0.3, -0.25) is 23.6 Å². The highest BCUT2D eigenvalue weighted by Crippen LogP contribution is 2.28. The van der Waals surface area contributed by atoms with Crippen molar-refractivity contribution in [3.05, 3.63) is 92.1 Å². The highest BCUT2D eigenvalue weighted by molar-refractivity contribution is 6.01. The Morgan fingerprint density at radius 2 is 1.72 bits per heavy atom. The molecule has 2 aromatic carbocycles. The summed E-state index contributed by atoms with van der Waals surface area (Å²) in [5.41, 5.74) is 6.51. The second-order valence-corrected chi connectivity index (χ2v) is 7.73. The molecule has 0 aliphatic carbocycles. The molecule has 168 valence electrons. The van der Waals surface area contributed by atoms with Crippen molar-refractivity contribution in [2.75, 3.05) is 26.4 Å². The number of hydrogen-bond acceptors (Lipinski definition) is 6. The standard InChI is InChI=1S/C24H28N4O4/c1-16(18-12-8-9-13-20(18)32-4)26(2)15-19(29)21-22(25)28(24(31)27(3)23(21)30)14-17-10-6-5-7-11-17/h5-13,16H,14-15,25H2,1-4H3. The predicted molar refractivity (Wildman–Crippen MR) is 124 cm³/mol. The van der Waals surface area contributed by atoms with Crippen LogP contribution in [0.5, 0.6) is 5.75 Å². The molecule has 8 nitrogen and oxygen atoms in total. The second-order valence-electron chi connectivity index (χ2n) is 7.73. The zero-order valence-electron chi connectivity index (χ0n) is 18.7. The number of nitrogens with zero attached hydrogens (tertiary/aromatic N) is 3. The number of methoxy groups -OCH3 is 1. The van der Waals surface area contributed by atoms with E-state index in [1.807, 2.05) is 66.4 Å². The second kappa shape index (κ2) is 9.65. The molecule has 1 heterocycles. The monoisotopic (exact) mass is 436 g/mol. The van der Waals surface area contributed by atoms with E-state index in [9.17, 15) is 14.4 Å². The van der Waals surface area contributed by atoms with Crippen molar-refractivity contribution in [3.8, 4) is 5.75 Å². The molecule has 0 saturated heterocycles. The third-order valence-electron chi connectivity index (χ3n) is 5.69. The van der Waals surface area contributed by atoms with Crippen molar-refractivity contribution in [3.63, 3.8) is 0 Å². The summed E-state index contributed by atoms with van der Waals surface area (Å²) in [5.74, 6) is 0.144. The normalized spacial score (nSPS) is 12.0. The maximum atomic E-state index is 13.2. The fourth-order valence-corrected chi connectivity index (χ4v) is 3.66. The van der Waals surface area contributed by atoms with Crippen LogP contribution in [0.25, 0.3) is 0 Å². The van der Waals surface area contributed by atoms with Crippen LogP contribution in [-0.4, -0.2) is 40.5 Å². The number of carbonyl (C=O) groups is 1. The van der Waals surface area contributed by atoms with Crippen LogP contribution in [0.2, 0.25) is 0 Å². The number of likely N-dealkylation sites (N-methyl/N-ethyl adjacent to an activating group) is 1. The van der Waals surface area contributed by atoms with Gasteiger partial charge in [0.25, 0.3) is 5.56 Å². The first-order valence-corrected chi connectivity index (χ1v) is 10.3. The number of aromatic nitrogens is 2. The number of hydrogen-bond donors (Lipinski definition) is 1. The van der Waals surface area contributed by atoms with Crippen LogP contribution in [0, 0.1) is 0 Å². The van der Waals surface area contributed by atoms with Crippen molar-refractivity contribution in [2.45, 2.75) is 19.5 Å². The van der Waals surface area contributed by atoms with E-state index in [0.717, 1.165) is 15.7 Å². The summed E-state index contributed by atoms with van der Waals surface area (Å²) in [6.07, 6.45) is 0. The molecular weight excluding hydrogens is 408 g/mol. The average molecular weight is 437 g/mol. The number of ether oxygens (including phenoxy) is 1. The van der Waals surface area contributed by atoms with E-state index in [4.69, 9.17) is 10.5 Å². The van der Waals surface area contributed by atoms with E-state index in [1.54, 1.807) is 14.2 Å². The van der Waals surface area contributed by atoms with E-state index in [-0.39, 0.29) is 30.5 Å². The van der Waals surface area contributed by atoms with Gasteiger partial charge in [0.05, 0.1) is 20.2 Å². The molecule has 32 heavy (non-hydrogen) atoms. The van der Waals surface area contributed by atoms with E-state index in [1.165, 1.54) is 11.6 Å². The number of benzene rings is 2. The summed E-state index contributed by atoms with van der Waals surface area (Å²) in [5, 5.41) is 0. The van der Waals surface area contributed by atoms with Gasteiger partial charge in [0.1, 0.15) is 17.1 Å². The third kappa shape index (κ3) is 4.50. The molecule has 0 radical (unpaired) electrons. The van der Waals surface area contributed by atoms with Crippen molar-refractivity contribution in [1.29, 1.82) is 0 Å². The lowest BCUT2D eigenvalue weighted by Crippen LogP contribution is -2.44. The summed E-state index contributed by atoms with van der Waals surface area (Å²) in [6.45, 7) is 2.05. The van der Waals surface area contributed by atoms with Gasteiger partial charge >= 0.3 is 5.69 Å². The third-order valence-corrected chi connectivity index (χ3v) is 5.69. The lowest BCUT2D eigenvalue weighted by molar-refractivity contribution is 0.0921. The lowest BCUT2D eigenvalue weighted by Gasteiger charge is -2.26. The molecule has 0 bridgehead atoms. The molecule has 0 saturated carbocycles. The molecule has 8 heteroatoms. The molecule has 1 unspecified atom stereocenters. The largest absolute Gasteiger partial charge is 0.496 e. The zero-order chi connectivity index (χ0) is 23.4. The molecule has 1 atom stereocenters. The van der Waals surface area contributed by atoms with Gasteiger partial charge < -0.3 is 10.5 Å². The maximum absolute atomic E-state index is 13.2. The van der Waals surface area contributed by atoms with Crippen LogP contribution in [0.3, 0.4) is 0 Å². The minimum absolute atomic E-state index is 0.0534. The van der Waals surface area contributed by atoms with Crippen molar-refractivity contribution in [1.82, 2.24) is 14.0 Å². The first-order valence-electron chi connectivity index (χ1n) is 10.3. The van der Waals surface area contributed by atoms with Crippen LogP contribution in [0.1, 0.15) is 34.5 Å². The number of carbonyl (C=O) groups excluding carboxylic acids is 1. The Hall–Kier alpha value is -3.65. The quantitative estimate of drug-likeness (QED) is 0.543. The molecule has 2 N–H and O–H groups in total. The number of anilines is 1. The average Bonchev–Trinajstić information content (AvgIpc) is 2.80. The molecule has 0 spiro atoms. The van der Waals surface area contributed by atoms with Crippen molar-refractivity contribution >= 4 is 11.6 Å². The fraction of sp³-hybridized carbons (Fsp3) is 0.292. The van der Waals surface area contributed by atoms with Gasteiger partial charge in [0, 0.05) is 18.7 Å². The number of nitrogens with two attached hydrogens (primary N) is 1. The van der Waals surface area contributed by atoms with Crippen molar-refractivity contribution < 1.29 is 9.53 Å². The zero-order valence-corrected chi connectivity index (χ0v) is 18.7. The van der Waals surface area contributed by atoms with Crippen molar-refractivity contribution in [2.24, 2.45) is 7.05 Å². The number of nitrogen functional groups attached to an aromatic ring is 1. The summed E-state index contributed by atoms with van der Waals surface area (Å²) >= 11 is 0. The maximum Gasteiger partial charge on any atom is 0.332 e. The minimum atomic E-state index is -0.694. The SMILES string of the molecule is COc1ccccc1C(C)N(C)CC(=O)c1c(N)n(Cc2ccccc2)c(=O)n(C)c1=O. The number of rotatable bonds is 8. The van der Waals surface area contributed by atoms with Crippen LogP contribution < -0.4 is 21.7 Å². The number of para-hydroxylation sites is 1. The Kier molecular flexibility index (Phi) is 6.95. The fourth-order valence-electron chi connectivity index (χ4n) is 3.66.